The summed E-state index contributed by atoms with van der Waals surface area (Å²) in [5.41, 5.74) is 2.41. The normalized spacial score (nSPS) is 9.88. The first kappa shape index (κ1) is 7.30. The quantitative estimate of drug-likeness (QED) is 0.398. The summed E-state index contributed by atoms with van der Waals surface area (Å²) in [4.78, 5) is 2.01. The molecule has 0 spiro atoms. The summed E-state index contributed by atoms with van der Waals surface area (Å²) >= 11 is 0. The van der Waals surface area contributed by atoms with Crippen LogP contribution in [0.2, 0.25) is 0 Å². The highest BCUT2D eigenvalue weighted by molar-refractivity contribution is 4.74. The molecule has 3 nitrogen and oxygen atoms in total. The van der Waals surface area contributed by atoms with E-state index >= 15 is 0 Å². The molecule has 0 heterocycles. The second-order valence-electron chi connectivity index (χ2n) is 1.56. The third-order valence-corrected chi connectivity index (χ3v) is 0.924. The molecular weight excluding hydrogens is 102 g/mol. The van der Waals surface area contributed by atoms with Crippen LogP contribution >= 0.6 is 0 Å². The Balaban J connectivity index is 3.21. The van der Waals surface area contributed by atoms with Crippen LogP contribution in [0.3, 0.4) is 0 Å². The minimum Gasteiger partial charge on any atom is -0.380 e. The van der Waals surface area contributed by atoms with Crippen LogP contribution in [0.1, 0.15) is 6.92 Å². The molecule has 0 aromatic carbocycles. The average molecular weight is 115 g/mol. The van der Waals surface area contributed by atoms with E-state index in [4.69, 9.17) is 5.84 Å². The highest BCUT2D eigenvalue weighted by Crippen LogP contribution is 1.77. The Morgan fingerprint density at radius 2 is 2.38 bits per heavy atom. The van der Waals surface area contributed by atoms with Gasteiger partial charge in [0.05, 0.1) is 0 Å². The molecule has 0 saturated heterocycles. The van der Waals surface area contributed by atoms with E-state index in [-0.39, 0.29) is 0 Å². The highest BCUT2D eigenvalue weighted by atomic mass is 15.2. The van der Waals surface area contributed by atoms with Crippen molar-refractivity contribution in [1.82, 2.24) is 10.3 Å². The summed E-state index contributed by atoms with van der Waals surface area (Å²) in [6.07, 6.45) is 3.56. The van der Waals surface area contributed by atoms with Gasteiger partial charge in [0, 0.05) is 26.0 Å². The second kappa shape index (κ2) is 4.46. The minimum atomic E-state index is 0.998. The molecule has 48 valence electrons. The van der Waals surface area contributed by atoms with Crippen molar-refractivity contribution in [3.05, 3.63) is 12.4 Å². The third kappa shape index (κ3) is 3.49. The Kier molecular flexibility index (Phi) is 4.07. The molecule has 0 aliphatic rings. The Labute approximate surface area is 50.1 Å². The number of hydrogen-bond donors (Lipinski definition) is 2. The number of nitrogens with two attached hydrogens (primary N) is 1. The fourth-order valence-corrected chi connectivity index (χ4v) is 0.276. The van der Waals surface area contributed by atoms with Crippen molar-refractivity contribution in [1.29, 1.82) is 0 Å². The number of rotatable bonds is 3. The minimum absolute atomic E-state index is 0.998. The van der Waals surface area contributed by atoms with Gasteiger partial charge in [0.25, 0.3) is 0 Å². The van der Waals surface area contributed by atoms with Crippen molar-refractivity contribution in [2.75, 3.05) is 13.6 Å². The van der Waals surface area contributed by atoms with E-state index in [1.165, 1.54) is 0 Å². The fraction of sp³-hybridized carbons (Fsp3) is 0.600. The Morgan fingerprint density at radius 3 is 2.75 bits per heavy atom. The monoisotopic (exact) mass is 115 g/mol. The molecule has 0 bridgehead atoms. The molecule has 0 amide bonds. The third-order valence-electron chi connectivity index (χ3n) is 0.924. The number of nitrogens with one attached hydrogen (secondary N) is 1. The zero-order valence-corrected chi connectivity index (χ0v) is 5.39. The molecule has 8 heavy (non-hydrogen) atoms. The van der Waals surface area contributed by atoms with Gasteiger partial charge in [0.1, 0.15) is 0 Å². The summed E-state index contributed by atoms with van der Waals surface area (Å²) in [6, 6.07) is 0. The molecule has 0 aliphatic carbocycles. The SMILES string of the molecule is CCN(C)/C=C\NN. The Hall–Kier alpha value is -0.700. The van der Waals surface area contributed by atoms with Crippen LogP contribution in [-0.4, -0.2) is 18.5 Å². The molecule has 0 aromatic heterocycles. The molecule has 0 radical (unpaired) electrons. The van der Waals surface area contributed by atoms with Gasteiger partial charge >= 0.3 is 0 Å². The summed E-state index contributed by atoms with van der Waals surface area (Å²) in [5, 5.41) is 0. The molecule has 3 heteroatoms. The molecular formula is C5H13N3. The maximum Gasteiger partial charge on any atom is 0.0282 e. The molecule has 0 rings (SSSR count). The van der Waals surface area contributed by atoms with Crippen molar-refractivity contribution >= 4 is 0 Å². The van der Waals surface area contributed by atoms with E-state index in [0.717, 1.165) is 6.54 Å². The van der Waals surface area contributed by atoms with Gasteiger partial charge in [0.15, 0.2) is 0 Å². The highest BCUT2D eigenvalue weighted by Gasteiger charge is 1.78. The second-order valence-corrected chi connectivity index (χ2v) is 1.56. The standard InChI is InChI=1S/C5H13N3/c1-3-8(2)5-4-7-6/h4-5,7H,3,6H2,1-2H3/b5-4-. The van der Waals surface area contributed by atoms with E-state index in [2.05, 4.69) is 12.3 Å². The lowest BCUT2D eigenvalue weighted by atomic mass is 10.6. The largest absolute Gasteiger partial charge is 0.380 e. The average Bonchev–Trinajstić information content (AvgIpc) is 1.83. The van der Waals surface area contributed by atoms with Gasteiger partial charge in [-0.25, -0.2) is 0 Å². The molecule has 0 atom stereocenters. The van der Waals surface area contributed by atoms with Gasteiger partial charge < -0.3 is 10.3 Å². The van der Waals surface area contributed by atoms with Gasteiger partial charge in [-0.1, -0.05) is 0 Å². The van der Waals surface area contributed by atoms with Crippen LogP contribution in [0.25, 0.3) is 0 Å². The van der Waals surface area contributed by atoms with E-state index in [9.17, 15) is 0 Å². The van der Waals surface area contributed by atoms with Crippen molar-refractivity contribution < 1.29 is 0 Å². The van der Waals surface area contributed by atoms with E-state index in [1.807, 2.05) is 18.1 Å². The van der Waals surface area contributed by atoms with Crippen LogP contribution in [-0.2, 0) is 0 Å². The van der Waals surface area contributed by atoms with Crippen molar-refractivity contribution in [2.45, 2.75) is 6.92 Å². The van der Waals surface area contributed by atoms with Crippen LogP contribution in [0.15, 0.2) is 12.4 Å². The molecule has 0 aromatic rings. The van der Waals surface area contributed by atoms with Crippen LogP contribution < -0.4 is 11.3 Å². The number of hydrazine groups is 1. The first-order chi connectivity index (χ1) is 3.81. The smallest absolute Gasteiger partial charge is 0.0282 e. The summed E-state index contributed by atoms with van der Waals surface area (Å²) in [6.45, 7) is 3.07. The predicted molar refractivity (Wildman–Crippen MR) is 34.8 cm³/mol. The zero-order chi connectivity index (χ0) is 6.41. The van der Waals surface area contributed by atoms with E-state index in [1.54, 1.807) is 6.20 Å². The van der Waals surface area contributed by atoms with Crippen molar-refractivity contribution in [3.8, 4) is 0 Å². The first-order valence-electron chi connectivity index (χ1n) is 2.64. The van der Waals surface area contributed by atoms with Gasteiger partial charge in [-0.2, -0.15) is 0 Å². The van der Waals surface area contributed by atoms with E-state index < -0.39 is 0 Å². The topological polar surface area (TPSA) is 41.3 Å². The Morgan fingerprint density at radius 1 is 1.75 bits per heavy atom. The summed E-state index contributed by atoms with van der Waals surface area (Å²) in [7, 11) is 1.98. The van der Waals surface area contributed by atoms with Crippen LogP contribution in [0.5, 0.6) is 0 Å². The van der Waals surface area contributed by atoms with Crippen LogP contribution in [0.4, 0.5) is 0 Å². The molecule has 0 unspecified atom stereocenters. The maximum absolute atomic E-state index is 4.97. The van der Waals surface area contributed by atoms with Gasteiger partial charge in [-0.3, -0.25) is 5.84 Å². The number of nitrogens with zero attached hydrogens (tertiary/aromatic N) is 1. The molecule has 0 aliphatic heterocycles. The van der Waals surface area contributed by atoms with E-state index in [0.29, 0.717) is 0 Å². The van der Waals surface area contributed by atoms with Gasteiger partial charge in [0.2, 0.25) is 0 Å². The molecule has 0 saturated carbocycles. The van der Waals surface area contributed by atoms with Crippen LogP contribution in [0, 0.1) is 0 Å². The maximum atomic E-state index is 4.97. The van der Waals surface area contributed by atoms with Crippen molar-refractivity contribution in [2.24, 2.45) is 5.84 Å². The van der Waals surface area contributed by atoms with Gasteiger partial charge in [-0.05, 0) is 6.92 Å². The fourth-order valence-electron chi connectivity index (χ4n) is 0.276. The predicted octanol–water partition coefficient (Wildman–Crippen LogP) is -0.127. The number of hydrogen-bond acceptors (Lipinski definition) is 3. The molecule has 3 N–H and O–H groups in total. The van der Waals surface area contributed by atoms with Crippen molar-refractivity contribution in [3.63, 3.8) is 0 Å². The zero-order valence-electron chi connectivity index (χ0n) is 5.39. The lowest BCUT2D eigenvalue weighted by molar-refractivity contribution is 0.481. The lowest BCUT2D eigenvalue weighted by Crippen LogP contribution is -2.16. The van der Waals surface area contributed by atoms with Gasteiger partial charge in [-0.15, -0.1) is 0 Å². The molecule has 0 fully saturated rings. The Bertz CT molecular complexity index is 70.1. The first-order valence-corrected chi connectivity index (χ1v) is 2.64. The summed E-state index contributed by atoms with van der Waals surface area (Å²) < 4.78 is 0. The summed E-state index contributed by atoms with van der Waals surface area (Å²) in [5.74, 6) is 4.97. The lowest BCUT2D eigenvalue weighted by Gasteiger charge is -2.07.